The monoisotopic (exact) mass is 645 g/mol. The van der Waals surface area contributed by atoms with Crippen LogP contribution in [0.5, 0.6) is 0 Å². The number of halogens is 1. The molecule has 1 aromatic heterocycles. The Hall–Kier alpha value is -4.54. The maximum atomic E-state index is 13.6. The second-order valence-corrected chi connectivity index (χ2v) is 12.5. The van der Waals surface area contributed by atoms with Crippen molar-refractivity contribution in [3.8, 4) is 11.1 Å². The van der Waals surface area contributed by atoms with E-state index in [1.807, 2.05) is 6.07 Å². The molecule has 0 atom stereocenters. The van der Waals surface area contributed by atoms with Crippen molar-refractivity contribution in [2.24, 2.45) is 0 Å². The van der Waals surface area contributed by atoms with Gasteiger partial charge in [0.05, 0.1) is 29.9 Å². The highest BCUT2D eigenvalue weighted by molar-refractivity contribution is 9.10. The van der Waals surface area contributed by atoms with Gasteiger partial charge in [-0.2, -0.15) is 0 Å². The Morgan fingerprint density at radius 1 is 0.857 bits per heavy atom. The Labute approximate surface area is 249 Å². The molecule has 0 aliphatic rings. The second kappa shape index (κ2) is 11.8. The van der Waals surface area contributed by atoms with Crippen molar-refractivity contribution in [2.75, 3.05) is 7.11 Å². The molecule has 42 heavy (non-hydrogen) atoms. The number of carboxylic acids is 1. The van der Waals surface area contributed by atoms with Gasteiger partial charge in [0.1, 0.15) is 5.69 Å². The number of aromatic nitrogens is 1. The molecule has 0 unspecified atom stereocenters. The lowest BCUT2D eigenvalue weighted by atomic mass is 9.96. The van der Waals surface area contributed by atoms with Crippen LogP contribution in [-0.4, -0.2) is 37.1 Å². The average Bonchev–Trinajstić information content (AvgIpc) is 2.98. The largest absolute Gasteiger partial charge is 0.477 e. The fourth-order valence-electron chi connectivity index (χ4n) is 4.83. The van der Waals surface area contributed by atoms with E-state index in [1.165, 1.54) is 35.9 Å². The first-order chi connectivity index (χ1) is 20.1. The molecule has 0 radical (unpaired) electrons. The number of hydrogen-bond acceptors (Lipinski definition) is 6. The van der Waals surface area contributed by atoms with Crippen molar-refractivity contribution in [3.63, 3.8) is 0 Å². The van der Waals surface area contributed by atoms with Gasteiger partial charge >= 0.3 is 11.9 Å². The molecule has 0 saturated carbocycles. The molecule has 10 heteroatoms. The first-order valence-corrected chi connectivity index (χ1v) is 15.2. The van der Waals surface area contributed by atoms with Crippen LogP contribution in [0.25, 0.3) is 21.9 Å². The van der Waals surface area contributed by atoms with Gasteiger partial charge in [-0.1, -0.05) is 70.5 Å². The van der Waals surface area contributed by atoms with Crippen molar-refractivity contribution in [2.45, 2.75) is 17.2 Å². The maximum absolute atomic E-state index is 13.6. The third-order valence-corrected chi connectivity index (χ3v) is 9.05. The van der Waals surface area contributed by atoms with Crippen molar-refractivity contribution in [3.05, 3.63) is 134 Å². The molecular formula is C32H24BrNO7S. The van der Waals surface area contributed by atoms with E-state index in [9.17, 15) is 27.9 Å². The number of carbonyl (C=O) groups excluding carboxylic acids is 1. The van der Waals surface area contributed by atoms with Crippen LogP contribution in [0.4, 0.5) is 0 Å². The summed E-state index contributed by atoms with van der Waals surface area (Å²) in [5, 5.41) is 11.2. The van der Waals surface area contributed by atoms with Crippen LogP contribution in [0, 0.1) is 0 Å². The lowest BCUT2D eigenvalue weighted by Gasteiger charge is -2.18. The number of pyridine rings is 1. The highest BCUT2D eigenvalue weighted by atomic mass is 79.9. The minimum Gasteiger partial charge on any atom is -0.477 e. The van der Waals surface area contributed by atoms with Gasteiger partial charge < -0.3 is 9.84 Å². The Morgan fingerprint density at radius 2 is 1.50 bits per heavy atom. The fraction of sp³-hybridized carbons (Fsp3) is 0.0938. The fourth-order valence-corrected chi connectivity index (χ4v) is 6.54. The lowest BCUT2D eigenvalue weighted by molar-refractivity contribution is 0.0599. The Bertz CT molecular complexity index is 1980. The zero-order chi connectivity index (χ0) is 30.0. The summed E-state index contributed by atoms with van der Waals surface area (Å²) in [6.45, 7) is -0.0817. The third-order valence-electron chi connectivity index (χ3n) is 6.85. The molecule has 212 valence electrons. The average molecular weight is 647 g/mol. The standard InChI is InChI=1S/C32H24BrNO7S/c1-41-32(38)23-11-7-21(8-12-23)19-42(39,40)25-14-9-20(10-15-25)18-34-29(31(36)37)28(22-5-3-2-4-6-22)27-17-24(33)13-16-26(27)30(34)35/h2-17H,18-19H2,1H3,(H,36,37). The van der Waals surface area contributed by atoms with Gasteiger partial charge in [0, 0.05) is 15.4 Å². The molecule has 0 aliphatic carbocycles. The third kappa shape index (κ3) is 5.77. The summed E-state index contributed by atoms with van der Waals surface area (Å²) in [7, 11) is -2.46. The van der Waals surface area contributed by atoms with Crippen molar-refractivity contribution in [1.29, 1.82) is 0 Å². The van der Waals surface area contributed by atoms with Crippen LogP contribution in [0.15, 0.2) is 111 Å². The number of fused-ring (bicyclic) bond motifs is 1. The van der Waals surface area contributed by atoms with E-state index in [2.05, 4.69) is 20.7 Å². The van der Waals surface area contributed by atoms with E-state index in [-0.39, 0.29) is 22.9 Å². The van der Waals surface area contributed by atoms with Gasteiger partial charge in [0.2, 0.25) is 0 Å². The van der Waals surface area contributed by atoms with Crippen LogP contribution in [-0.2, 0) is 26.9 Å². The number of nitrogens with zero attached hydrogens (tertiary/aromatic N) is 1. The normalized spacial score (nSPS) is 11.4. The summed E-state index contributed by atoms with van der Waals surface area (Å²) in [4.78, 5) is 38.0. The highest BCUT2D eigenvalue weighted by Gasteiger charge is 2.24. The minimum absolute atomic E-state index is 0.0717. The number of aromatic carboxylic acids is 1. The minimum atomic E-state index is -3.73. The quantitative estimate of drug-likeness (QED) is 0.207. The lowest BCUT2D eigenvalue weighted by Crippen LogP contribution is -2.28. The second-order valence-electron chi connectivity index (χ2n) is 9.57. The molecule has 0 aliphatic heterocycles. The molecule has 0 bridgehead atoms. The summed E-state index contributed by atoms with van der Waals surface area (Å²) in [6.07, 6.45) is 0. The Morgan fingerprint density at radius 3 is 2.12 bits per heavy atom. The van der Waals surface area contributed by atoms with Gasteiger partial charge in [-0.3, -0.25) is 9.36 Å². The molecule has 1 heterocycles. The molecule has 8 nitrogen and oxygen atoms in total. The van der Waals surface area contributed by atoms with E-state index < -0.39 is 27.3 Å². The zero-order valence-corrected chi connectivity index (χ0v) is 24.7. The van der Waals surface area contributed by atoms with E-state index in [4.69, 9.17) is 0 Å². The number of carboxylic acid groups (broad SMARTS) is 1. The summed E-state index contributed by atoms with van der Waals surface area (Å²) in [5.41, 5.74) is 1.79. The smallest absolute Gasteiger partial charge is 0.353 e. The summed E-state index contributed by atoms with van der Waals surface area (Å²) in [5.74, 6) is -2.05. The van der Waals surface area contributed by atoms with Crippen molar-refractivity contribution >= 4 is 48.5 Å². The molecule has 0 amide bonds. The number of carbonyl (C=O) groups is 2. The van der Waals surface area contributed by atoms with Gasteiger partial charge in [-0.15, -0.1) is 0 Å². The summed E-state index contributed by atoms with van der Waals surface area (Å²) < 4.78 is 32.8. The zero-order valence-electron chi connectivity index (χ0n) is 22.3. The van der Waals surface area contributed by atoms with Gasteiger partial charge in [0.15, 0.2) is 9.84 Å². The van der Waals surface area contributed by atoms with Crippen LogP contribution in [0.3, 0.4) is 0 Å². The van der Waals surface area contributed by atoms with E-state index in [0.29, 0.717) is 43.1 Å². The number of hydrogen-bond donors (Lipinski definition) is 1. The molecule has 0 saturated heterocycles. The first kappa shape index (κ1) is 29.0. The van der Waals surface area contributed by atoms with Crippen molar-refractivity contribution < 1.29 is 27.9 Å². The number of ether oxygens (including phenoxy) is 1. The summed E-state index contributed by atoms with van der Waals surface area (Å²) >= 11 is 3.43. The summed E-state index contributed by atoms with van der Waals surface area (Å²) in [6, 6.07) is 26.3. The molecule has 0 spiro atoms. The number of rotatable bonds is 8. The first-order valence-electron chi connectivity index (χ1n) is 12.7. The molecule has 1 N–H and O–H groups in total. The molecular weight excluding hydrogens is 622 g/mol. The molecule has 5 aromatic rings. The Kier molecular flexibility index (Phi) is 8.11. The molecule has 4 aromatic carbocycles. The topological polar surface area (TPSA) is 120 Å². The Balaban J connectivity index is 1.52. The van der Waals surface area contributed by atoms with Gasteiger partial charge in [-0.25, -0.2) is 18.0 Å². The highest BCUT2D eigenvalue weighted by Crippen LogP contribution is 2.33. The van der Waals surface area contributed by atoms with E-state index >= 15 is 0 Å². The predicted molar refractivity (Wildman–Crippen MR) is 163 cm³/mol. The van der Waals surface area contributed by atoms with E-state index in [0.717, 1.165) is 0 Å². The number of benzene rings is 4. The number of esters is 1. The predicted octanol–water partition coefficient (Wildman–Crippen LogP) is 5.94. The van der Waals surface area contributed by atoms with Crippen molar-refractivity contribution in [1.82, 2.24) is 4.57 Å². The SMILES string of the molecule is COC(=O)c1ccc(CS(=O)(=O)c2ccc(Cn3c(C(=O)O)c(-c4ccccc4)c4cc(Br)ccc4c3=O)cc2)cc1. The van der Waals surface area contributed by atoms with Crippen LogP contribution >= 0.6 is 15.9 Å². The maximum Gasteiger partial charge on any atom is 0.353 e. The number of methoxy groups -OCH3 is 1. The number of sulfone groups is 1. The van der Waals surface area contributed by atoms with E-state index in [1.54, 1.807) is 66.7 Å². The van der Waals surface area contributed by atoms with Gasteiger partial charge in [0.25, 0.3) is 5.56 Å². The van der Waals surface area contributed by atoms with Crippen LogP contribution in [0.1, 0.15) is 32.0 Å². The molecule has 5 rings (SSSR count). The van der Waals surface area contributed by atoms with Crippen LogP contribution in [0.2, 0.25) is 0 Å². The van der Waals surface area contributed by atoms with Gasteiger partial charge in [-0.05, 0) is 64.5 Å². The molecule has 0 fully saturated rings. The van der Waals surface area contributed by atoms with Crippen LogP contribution < -0.4 is 5.56 Å².